The summed E-state index contributed by atoms with van der Waals surface area (Å²) in [6, 6.07) is 0.521. The van der Waals surface area contributed by atoms with Crippen molar-refractivity contribution >= 4 is 5.95 Å². The van der Waals surface area contributed by atoms with Crippen LogP contribution in [0.3, 0.4) is 0 Å². The van der Waals surface area contributed by atoms with E-state index in [0.29, 0.717) is 25.8 Å². The van der Waals surface area contributed by atoms with Gasteiger partial charge >= 0.3 is 12.0 Å². The lowest BCUT2D eigenvalue weighted by Gasteiger charge is -2.09. The van der Waals surface area contributed by atoms with E-state index in [4.69, 9.17) is 14.2 Å². The van der Waals surface area contributed by atoms with Crippen molar-refractivity contribution in [1.29, 1.82) is 0 Å². The van der Waals surface area contributed by atoms with Crippen molar-refractivity contribution in [3.8, 4) is 12.0 Å². The fraction of sp³-hybridized carbons (Fsp3) is 0.769. The highest BCUT2D eigenvalue weighted by molar-refractivity contribution is 5.27. The molecule has 1 N–H and O–H groups in total. The molecule has 0 radical (unpaired) electrons. The third-order valence-corrected chi connectivity index (χ3v) is 2.21. The minimum atomic E-state index is 0.252. The maximum Gasteiger partial charge on any atom is 0.324 e. The van der Waals surface area contributed by atoms with Crippen LogP contribution < -0.4 is 14.8 Å². The van der Waals surface area contributed by atoms with E-state index in [-0.39, 0.29) is 12.0 Å². The maximum absolute atomic E-state index is 5.45. The molecule has 114 valence electrons. The first-order valence-corrected chi connectivity index (χ1v) is 7.13. The number of hydrogen-bond acceptors (Lipinski definition) is 7. The Hall–Kier alpha value is -1.63. The van der Waals surface area contributed by atoms with Crippen LogP contribution in [0.5, 0.6) is 12.0 Å². The SMILES string of the molecule is CCCNc1nc(OCC)nc(OCCOCCC)n1. The van der Waals surface area contributed by atoms with Crippen LogP contribution in [0.15, 0.2) is 0 Å². The summed E-state index contributed by atoms with van der Waals surface area (Å²) in [7, 11) is 0. The van der Waals surface area contributed by atoms with Crippen LogP contribution in [-0.4, -0.2) is 47.9 Å². The van der Waals surface area contributed by atoms with Crippen molar-refractivity contribution in [2.24, 2.45) is 0 Å². The van der Waals surface area contributed by atoms with E-state index < -0.39 is 0 Å². The average molecular weight is 284 g/mol. The van der Waals surface area contributed by atoms with Gasteiger partial charge in [0.05, 0.1) is 13.2 Å². The second-order valence-corrected chi connectivity index (χ2v) is 4.04. The standard InChI is InChI=1S/C13H24N4O3/c1-4-7-14-11-15-12(19-6-3)17-13(16-11)20-10-9-18-8-5-2/h4-10H2,1-3H3,(H,14,15,16,17). The van der Waals surface area contributed by atoms with E-state index >= 15 is 0 Å². The number of nitrogens with zero attached hydrogens (tertiary/aromatic N) is 3. The second kappa shape index (κ2) is 10.2. The molecule has 0 amide bonds. The summed E-state index contributed by atoms with van der Waals surface area (Å²) >= 11 is 0. The highest BCUT2D eigenvalue weighted by Gasteiger charge is 2.08. The summed E-state index contributed by atoms with van der Waals surface area (Å²) in [5.74, 6) is 0.467. The molecule has 0 saturated heterocycles. The first kappa shape index (κ1) is 16.4. The van der Waals surface area contributed by atoms with Gasteiger partial charge in [0.25, 0.3) is 0 Å². The van der Waals surface area contributed by atoms with Gasteiger partial charge in [-0.05, 0) is 19.8 Å². The van der Waals surface area contributed by atoms with Gasteiger partial charge in [-0.3, -0.25) is 0 Å². The zero-order chi connectivity index (χ0) is 14.6. The first-order chi connectivity index (χ1) is 9.80. The molecule has 0 aliphatic carbocycles. The Morgan fingerprint density at radius 3 is 2.25 bits per heavy atom. The number of ether oxygens (including phenoxy) is 3. The Morgan fingerprint density at radius 2 is 1.60 bits per heavy atom. The number of rotatable bonds is 11. The zero-order valence-corrected chi connectivity index (χ0v) is 12.5. The largest absolute Gasteiger partial charge is 0.464 e. The van der Waals surface area contributed by atoms with Crippen molar-refractivity contribution in [2.45, 2.75) is 33.6 Å². The van der Waals surface area contributed by atoms with Gasteiger partial charge in [0.1, 0.15) is 6.61 Å². The Morgan fingerprint density at radius 1 is 0.850 bits per heavy atom. The zero-order valence-electron chi connectivity index (χ0n) is 12.5. The smallest absolute Gasteiger partial charge is 0.324 e. The molecule has 7 nitrogen and oxygen atoms in total. The van der Waals surface area contributed by atoms with Crippen LogP contribution in [0, 0.1) is 0 Å². The second-order valence-electron chi connectivity index (χ2n) is 4.04. The third-order valence-electron chi connectivity index (χ3n) is 2.21. The quantitative estimate of drug-likeness (QED) is 0.622. The third kappa shape index (κ3) is 6.51. The normalized spacial score (nSPS) is 10.3. The van der Waals surface area contributed by atoms with Gasteiger partial charge in [0.2, 0.25) is 5.95 Å². The van der Waals surface area contributed by atoms with Gasteiger partial charge in [-0.15, -0.1) is 4.98 Å². The average Bonchev–Trinajstić information content (AvgIpc) is 2.45. The lowest BCUT2D eigenvalue weighted by molar-refractivity contribution is 0.0967. The highest BCUT2D eigenvalue weighted by atomic mass is 16.5. The van der Waals surface area contributed by atoms with E-state index in [2.05, 4.69) is 34.1 Å². The Kier molecular flexibility index (Phi) is 8.37. The first-order valence-electron chi connectivity index (χ1n) is 7.13. The van der Waals surface area contributed by atoms with Gasteiger partial charge in [-0.25, -0.2) is 0 Å². The lowest BCUT2D eigenvalue weighted by atomic mass is 10.5. The van der Waals surface area contributed by atoms with Crippen LogP contribution in [0.4, 0.5) is 5.95 Å². The van der Waals surface area contributed by atoms with Crippen molar-refractivity contribution < 1.29 is 14.2 Å². The molecule has 0 unspecified atom stereocenters. The molecule has 0 aliphatic heterocycles. The molecular formula is C13H24N4O3. The number of anilines is 1. The molecule has 20 heavy (non-hydrogen) atoms. The molecule has 0 saturated carbocycles. The van der Waals surface area contributed by atoms with Crippen molar-refractivity contribution in [2.75, 3.05) is 38.3 Å². The minimum Gasteiger partial charge on any atom is -0.464 e. The molecule has 1 aromatic heterocycles. The molecule has 0 fully saturated rings. The molecule has 1 aromatic rings. The molecule has 0 aromatic carbocycles. The fourth-order valence-corrected chi connectivity index (χ4v) is 1.35. The van der Waals surface area contributed by atoms with E-state index in [1.54, 1.807) is 0 Å². The maximum atomic E-state index is 5.45. The molecule has 0 bridgehead atoms. The van der Waals surface area contributed by atoms with E-state index in [9.17, 15) is 0 Å². The Labute approximate surface area is 120 Å². The van der Waals surface area contributed by atoms with Crippen LogP contribution >= 0.6 is 0 Å². The molecule has 0 atom stereocenters. The lowest BCUT2D eigenvalue weighted by Crippen LogP contribution is -2.12. The number of aromatic nitrogens is 3. The van der Waals surface area contributed by atoms with Crippen LogP contribution in [0.2, 0.25) is 0 Å². The highest BCUT2D eigenvalue weighted by Crippen LogP contribution is 2.12. The number of hydrogen-bond donors (Lipinski definition) is 1. The van der Waals surface area contributed by atoms with Gasteiger partial charge < -0.3 is 19.5 Å². The summed E-state index contributed by atoms with van der Waals surface area (Å²) < 4.78 is 16.1. The van der Waals surface area contributed by atoms with Crippen molar-refractivity contribution in [3.63, 3.8) is 0 Å². The number of nitrogens with one attached hydrogen (secondary N) is 1. The summed E-state index contributed by atoms with van der Waals surface area (Å²) in [6.07, 6.45) is 1.97. The molecule has 7 heteroatoms. The van der Waals surface area contributed by atoms with Crippen LogP contribution in [0.1, 0.15) is 33.6 Å². The predicted octanol–water partition coefficient (Wildman–Crippen LogP) is 1.90. The molecule has 1 heterocycles. The topological polar surface area (TPSA) is 78.4 Å². The van der Waals surface area contributed by atoms with Crippen molar-refractivity contribution in [1.82, 2.24) is 15.0 Å². The Bertz CT molecular complexity index is 377. The van der Waals surface area contributed by atoms with Crippen LogP contribution in [-0.2, 0) is 4.74 Å². The monoisotopic (exact) mass is 284 g/mol. The molecule has 0 aliphatic rings. The summed E-state index contributed by atoms with van der Waals surface area (Å²) in [5.41, 5.74) is 0. The van der Waals surface area contributed by atoms with E-state index in [1.807, 2.05) is 6.92 Å². The van der Waals surface area contributed by atoms with Gasteiger partial charge in [-0.1, -0.05) is 13.8 Å². The minimum absolute atomic E-state index is 0.252. The molecule has 0 spiro atoms. The Balaban J connectivity index is 2.55. The van der Waals surface area contributed by atoms with Gasteiger partial charge in [-0.2, -0.15) is 9.97 Å². The van der Waals surface area contributed by atoms with Crippen LogP contribution in [0.25, 0.3) is 0 Å². The molecule has 1 rings (SSSR count). The van der Waals surface area contributed by atoms with Gasteiger partial charge in [0, 0.05) is 13.2 Å². The fourth-order valence-electron chi connectivity index (χ4n) is 1.35. The predicted molar refractivity (Wildman–Crippen MR) is 76.4 cm³/mol. The molecular weight excluding hydrogens is 260 g/mol. The summed E-state index contributed by atoms with van der Waals surface area (Å²) in [6.45, 7) is 8.94. The summed E-state index contributed by atoms with van der Waals surface area (Å²) in [5, 5.41) is 3.09. The van der Waals surface area contributed by atoms with E-state index in [0.717, 1.165) is 26.0 Å². The van der Waals surface area contributed by atoms with E-state index in [1.165, 1.54) is 0 Å². The summed E-state index contributed by atoms with van der Waals surface area (Å²) in [4.78, 5) is 12.4. The van der Waals surface area contributed by atoms with Gasteiger partial charge in [0.15, 0.2) is 0 Å². The van der Waals surface area contributed by atoms with Crippen molar-refractivity contribution in [3.05, 3.63) is 0 Å².